The molecule has 1 aliphatic carbocycles. The van der Waals surface area contributed by atoms with Crippen LogP contribution in [0.1, 0.15) is 12.8 Å². The Morgan fingerprint density at radius 2 is 1.86 bits per heavy atom. The number of aliphatic carboxylic acids is 2. The quantitative estimate of drug-likeness (QED) is 0.572. The van der Waals surface area contributed by atoms with Crippen LogP contribution in [0.25, 0.3) is 0 Å². The van der Waals surface area contributed by atoms with Gasteiger partial charge in [0.1, 0.15) is 6.04 Å². The zero-order valence-electron chi connectivity index (χ0n) is 7.64. The van der Waals surface area contributed by atoms with Gasteiger partial charge in [0.2, 0.25) is 0 Å². The fourth-order valence-corrected chi connectivity index (χ4v) is 2.70. The van der Waals surface area contributed by atoms with Gasteiger partial charge in [-0.2, -0.15) is 0 Å². The van der Waals surface area contributed by atoms with Crippen LogP contribution >= 0.6 is 0 Å². The summed E-state index contributed by atoms with van der Waals surface area (Å²) in [6.07, 6.45) is 1.13. The molecule has 0 aromatic carbocycles. The molecule has 0 spiro atoms. The van der Waals surface area contributed by atoms with E-state index in [9.17, 15) is 9.59 Å². The van der Waals surface area contributed by atoms with Crippen molar-refractivity contribution in [2.24, 2.45) is 17.8 Å². The monoisotopic (exact) mass is 199 g/mol. The highest BCUT2D eigenvalue weighted by Crippen LogP contribution is 2.41. The van der Waals surface area contributed by atoms with Gasteiger partial charge in [0.25, 0.3) is 0 Å². The number of carboxylic acids is 2. The van der Waals surface area contributed by atoms with Crippen LogP contribution in [-0.4, -0.2) is 34.7 Å². The molecule has 2 fully saturated rings. The number of fused-ring (bicyclic) bond motifs is 1. The van der Waals surface area contributed by atoms with Crippen LogP contribution < -0.4 is 5.32 Å². The number of rotatable bonds is 2. The maximum Gasteiger partial charge on any atom is 0.320 e. The Balaban J connectivity index is 2.06. The predicted octanol–water partition coefficient (Wildman–Crippen LogP) is -0.230. The summed E-state index contributed by atoms with van der Waals surface area (Å²) >= 11 is 0. The van der Waals surface area contributed by atoms with Crippen molar-refractivity contribution < 1.29 is 19.8 Å². The van der Waals surface area contributed by atoms with E-state index in [-0.39, 0.29) is 17.8 Å². The maximum absolute atomic E-state index is 10.8. The molecule has 14 heavy (non-hydrogen) atoms. The van der Waals surface area contributed by atoms with Crippen LogP contribution in [0.15, 0.2) is 0 Å². The molecule has 1 aliphatic heterocycles. The lowest BCUT2D eigenvalue weighted by Gasteiger charge is -2.13. The van der Waals surface area contributed by atoms with Crippen molar-refractivity contribution in [3.05, 3.63) is 0 Å². The number of nitrogens with one attached hydrogen (secondary N) is 1. The molecule has 5 nitrogen and oxygen atoms in total. The summed E-state index contributed by atoms with van der Waals surface area (Å²) in [7, 11) is 0. The molecule has 2 rings (SSSR count). The minimum atomic E-state index is -0.858. The van der Waals surface area contributed by atoms with Crippen LogP contribution in [0.2, 0.25) is 0 Å². The first-order valence-corrected chi connectivity index (χ1v) is 4.78. The van der Waals surface area contributed by atoms with Crippen molar-refractivity contribution >= 4 is 11.9 Å². The molecule has 78 valence electrons. The Kier molecular flexibility index (Phi) is 2.19. The van der Waals surface area contributed by atoms with E-state index in [1.54, 1.807) is 0 Å². The van der Waals surface area contributed by atoms with E-state index in [1.807, 2.05) is 0 Å². The van der Waals surface area contributed by atoms with Crippen LogP contribution in [0.5, 0.6) is 0 Å². The Morgan fingerprint density at radius 1 is 1.14 bits per heavy atom. The second kappa shape index (κ2) is 3.24. The topological polar surface area (TPSA) is 86.6 Å². The Morgan fingerprint density at radius 3 is 2.43 bits per heavy atom. The first kappa shape index (κ1) is 9.45. The molecule has 4 unspecified atom stereocenters. The highest BCUT2D eigenvalue weighted by Gasteiger charge is 2.47. The first-order chi connectivity index (χ1) is 6.59. The summed E-state index contributed by atoms with van der Waals surface area (Å²) in [6, 6.07) is -0.538. The van der Waals surface area contributed by atoms with Crippen molar-refractivity contribution in [3.8, 4) is 0 Å². The number of carboxylic acid groups (broad SMARTS) is 2. The number of hydrogen-bond acceptors (Lipinski definition) is 3. The van der Waals surface area contributed by atoms with E-state index in [0.717, 1.165) is 0 Å². The summed E-state index contributed by atoms with van der Waals surface area (Å²) < 4.78 is 0. The molecule has 1 saturated heterocycles. The molecule has 4 atom stereocenters. The third-order valence-corrected chi connectivity index (χ3v) is 3.39. The van der Waals surface area contributed by atoms with Gasteiger partial charge in [0, 0.05) is 0 Å². The largest absolute Gasteiger partial charge is 0.481 e. The number of carbonyl (C=O) groups is 2. The molecule has 0 aromatic heterocycles. The number of hydrogen-bond donors (Lipinski definition) is 3. The zero-order valence-corrected chi connectivity index (χ0v) is 7.64. The lowest BCUT2D eigenvalue weighted by atomic mass is 9.94. The lowest BCUT2D eigenvalue weighted by Crippen LogP contribution is -2.35. The summed E-state index contributed by atoms with van der Waals surface area (Å²) in [6.45, 7) is 0.644. The van der Waals surface area contributed by atoms with Crippen molar-refractivity contribution in [1.29, 1.82) is 0 Å². The van der Waals surface area contributed by atoms with Crippen molar-refractivity contribution in [2.75, 3.05) is 6.54 Å². The van der Waals surface area contributed by atoms with E-state index in [0.29, 0.717) is 19.4 Å². The SMILES string of the molecule is O=C(O)C1CC2CNC(C(=O)O)C2C1. The lowest BCUT2D eigenvalue weighted by molar-refractivity contribution is -0.143. The van der Waals surface area contributed by atoms with Crippen molar-refractivity contribution in [1.82, 2.24) is 5.32 Å². The highest BCUT2D eigenvalue weighted by atomic mass is 16.4. The van der Waals surface area contributed by atoms with Crippen LogP contribution in [0.3, 0.4) is 0 Å². The molecule has 0 aromatic rings. The van der Waals surface area contributed by atoms with Gasteiger partial charge in [-0.3, -0.25) is 9.59 Å². The fraction of sp³-hybridized carbons (Fsp3) is 0.778. The van der Waals surface area contributed by atoms with Gasteiger partial charge in [-0.25, -0.2) is 0 Å². The normalized spacial score (nSPS) is 40.9. The van der Waals surface area contributed by atoms with E-state index >= 15 is 0 Å². The molecule has 0 bridgehead atoms. The van der Waals surface area contributed by atoms with Gasteiger partial charge >= 0.3 is 11.9 Å². The standard InChI is InChI=1S/C9H13NO4/c11-8(12)4-1-5-3-10-7(9(13)14)6(5)2-4/h4-7,10H,1-3H2,(H,11,12)(H,13,14). The average molecular weight is 199 g/mol. The average Bonchev–Trinajstić information content (AvgIpc) is 2.58. The third-order valence-electron chi connectivity index (χ3n) is 3.39. The van der Waals surface area contributed by atoms with E-state index in [1.165, 1.54) is 0 Å². The molecule has 1 saturated carbocycles. The van der Waals surface area contributed by atoms with Crippen LogP contribution in [0.4, 0.5) is 0 Å². The van der Waals surface area contributed by atoms with E-state index in [4.69, 9.17) is 10.2 Å². The molecule has 2 aliphatic rings. The summed E-state index contributed by atoms with van der Waals surface area (Å²) in [4.78, 5) is 21.6. The summed E-state index contributed by atoms with van der Waals surface area (Å²) in [5.74, 6) is -1.74. The predicted molar refractivity (Wildman–Crippen MR) is 46.8 cm³/mol. The minimum absolute atomic E-state index is 0.00796. The van der Waals surface area contributed by atoms with Gasteiger partial charge in [-0.1, -0.05) is 0 Å². The smallest absolute Gasteiger partial charge is 0.320 e. The van der Waals surface area contributed by atoms with Gasteiger partial charge in [0.05, 0.1) is 5.92 Å². The molecular formula is C9H13NO4. The Hall–Kier alpha value is -1.10. The van der Waals surface area contributed by atoms with E-state index in [2.05, 4.69) is 5.32 Å². The third kappa shape index (κ3) is 1.37. The Labute approximate surface area is 81.1 Å². The van der Waals surface area contributed by atoms with Gasteiger partial charge in [-0.05, 0) is 31.2 Å². The van der Waals surface area contributed by atoms with Gasteiger partial charge in [-0.15, -0.1) is 0 Å². The molecule has 3 N–H and O–H groups in total. The fourth-order valence-electron chi connectivity index (χ4n) is 2.70. The van der Waals surface area contributed by atoms with Gasteiger partial charge < -0.3 is 15.5 Å². The first-order valence-electron chi connectivity index (χ1n) is 4.78. The van der Waals surface area contributed by atoms with E-state index < -0.39 is 18.0 Å². The molecule has 0 amide bonds. The van der Waals surface area contributed by atoms with Crippen molar-refractivity contribution in [3.63, 3.8) is 0 Å². The van der Waals surface area contributed by atoms with Gasteiger partial charge in [0.15, 0.2) is 0 Å². The second-order valence-electron chi connectivity index (χ2n) is 4.15. The van der Waals surface area contributed by atoms with Crippen LogP contribution in [-0.2, 0) is 9.59 Å². The highest BCUT2D eigenvalue weighted by molar-refractivity contribution is 5.75. The minimum Gasteiger partial charge on any atom is -0.481 e. The molecule has 5 heteroatoms. The molecule has 0 radical (unpaired) electrons. The molecular weight excluding hydrogens is 186 g/mol. The molecule has 1 heterocycles. The zero-order chi connectivity index (χ0) is 10.3. The summed E-state index contributed by atoms with van der Waals surface area (Å²) in [5.41, 5.74) is 0. The summed E-state index contributed by atoms with van der Waals surface area (Å²) in [5, 5.41) is 20.6. The van der Waals surface area contributed by atoms with Crippen molar-refractivity contribution in [2.45, 2.75) is 18.9 Å². The Bertz CT molecular complexity index is 278. The second-order valence-corrected chi connectivity index (χ2v) is 4.15. The maximum atomic E-state index is 10.8. The van der Waals surface area contributed by atoms with Crippen LogP contribution in [0, 0.1) is 17.8 Å².